The van der Waals surface area contributed by atoms with Gasteiger partial charge in [0.25, 0.3) is 0 Å². The molecule has 7 heteroatoms. The molecule has 0 saturated heterocycles. The highest BCUT2D eigenvalue weighted by atomic mass is 32.2. The molecule has 0 saturated carbocycles. The largest absolute Gasteiger partial charge is 0.493 e. The molecule has 0 radical (unpaired) electrons. The predicted octanol–water partition coefficient (Wildman–Crippen LogP) is 3.56. The van der Waals surface area contributed by atoms with Crippen LogP contribution in [0.5, 0.6) is 11.5 Å². The van der Waals surface area contributed by atoms with Gasteiger partial charge in [0.15, 0.2) is 15.8 Å². The van der Waals surface area contributed by atoms with Crippen LogP contribution >= 0.6 is 23.1 Å². The van der Waals surface area contributed by atoms with Crippen molar-refractivity contribution in [1.29, 1.82) is 0 Å². The van der Waals surface area contributed by atoms with Crippen molar-refractivity contribution in [1.82, 2.24) is 15.0 Å². The van der Waals surface area contributed by atoms with Crippen LogP contribution in [-0.4, -0.2) is 29.2 Å². The Morgan fingerprint density at radius 2 is 1.86 bits per heavy atom. The van der Waals surface area contributed by atoms with Crippen LogP contribution in [0.25, 0.3) is 10.9 Å². The van der Waals surface area contributed by atoms with Gasteiger partial charge in [0.05, 0.1) is 19.7 Å². The minimum absolute atomic E-state index is 0.657. The summed E-state index contributed by atoms with van der Waals surface area (Å²) in [4.78, 5) is 13.1. The molecule has 0 amide bonds. The summed E-state index contributed by atoms with van der Waals surface area (Å²) < 4.78 is 11.6. The molecule has 3 rings (SSSR count). The summed E-state index contributed by atoms with van der Waals surface area (Å²) in [5.41, 5.74) is 1.83. The normalized spacial score (nSPS) is 10.8. The number of aromatic nitrogens is 3. The number of hydrogen-bond acceptors (Lipinski definition) is 7. The molecule has 2 aromatic heterocycles. The highest BCUT2D eigenvalue weighted by Gasteiger charge is 2.12. The monoisotopic (exact) mass is 319 g/mol. The fourth-order valence-corrected chi connectivity index (χ4v) is 3.73. The zero-order valence-electron chi connectivity index (χ0n) is 11.8. The van der Waals surface area contributed by atoms with Crippen molar-refractivity contribution in [2.45, 2.75) is 16.3 Å². The SMILES string of the molecule is COc1cc2ncnc(Sc3nc(C)cs3)c2cc1OC. The maximum atomic E-state index is 5.35. The van der Waals surface area contributed by atoms with Crippen LogP contribution in [0.15, 0.2) is 33.2 Å². The van der Waals surface area contributed by atoms with Gasteiger partial charge in [-0.2, -0.15) is 0 Å². The summed E-state index contributed by atoms with van der Waals surface area (Å²) in [6.07, 6.45) is 1.55. The zero-order chi connectivity index (χ0) is 14.8. The second-order valence-corrected chi connectivity index (χ2v) is 6.35. The lowest BCUT2D eigenvalue weighted by molar-refractivity contribution is 0.355. The van der Waals surface area contributed by atoms with Gasteiger partial charge in [-0.1, -0.05) is 0 Å². The van der Waals surface area contributed by atoms with E-state index in [1.807, 2.05) is 24.4 Å². The Morgan fingerprint density at radius 3 is 2.52 bits per heavy atom. The van der Waals surface area contributed by atoms with E-state index < -0.39 is 0 Å². The molecule has 5 nitrogen and oxygen atoms in total. The molecule has 0 atom stereocenters. The summed E-state index contributed by atoms with van der Waals surface area (Å²) in [7, 11) is 3.23. The highest BCUT2D eigenvalue weighted by Crippen LogP contribution is 2.37. The average Bonchev–Trinajstić information content (AvgIpc) is 2.91. The third-order valence-corrected chi connectivity index (χ3v) is 4.96. The maximum Gasteiger partial charge on any atom is 0.162 e. The summed E-state index contributed by atoms with van der Waals surface area (Å²) in [5, 5.41) is 3.80. The number of thiazole rings is 1. The summed E-state index contributed by atoms with van der Waals surface area (Å²) in [6.45, 7) is 1.98. The Kier molecular flexibility index (Phi) is 3.94. The minimum Gasteiger partial charge on any atom is -0.493 e. The number of nitrogens with zero attached hydrogens (tertiary/aromatic N) is 3. The van der Waals surface area contributed by atoms with E-state index in [2.05, 4.69) is 15.0 Å². The lowest BCUT2D eigenvalue weighted by atomic mass is 10.2. The van der Waals surface area contributed by atoms with Crippen LogP contribution in [-0.2, 0) is 0 Å². The van der Waals surface area contributed by atoms with E-state index in [0.717, 1.165) is 26.0 Å². The van der Waals surface area contributed by atoms with Gasteiger partial charge in [0.1, 0.15) is 11.4 Å². The minimum atomic E-state index is 0.657. The Hall–Kier alpha value is -1.86. The van der Waals surface area contributed by atoms with Crippen LogP contribution in [0.2, 0.25) is 0 Å². The molecule has 108 valence electrons. The first kappa shape index (κ1) is 14.1. The van der Waals surface area contributed by atoms with Crippen LogP contribution in [0.4, 0.5) is 0 Å². The number of rotatable bonds is 4. The Bertz CT molecular complexity index is 789. The molecule has 0 spiro atoms. The number of ether oxygens (including phenoxy) is 2. The van der Waals surface area contributed by atoms with Crippen molar-refractivity contribution < 1.29 is 9.47 Å². The molecule has 0 N–H and O–H groups in total. The molecule has 0 aliphatic rings. The van der Waals surface area contributed by atoms with E-state index in [-0.39, 0.29) is 0 Å². The Labute approximate surface area is 130 Å². The first-order valence-corrected chi connectivity index (χ1v) is 7.87. The third-order valence-electron chi connectivity index (χ3n) is 2.89. The second-order valence-electron chi connectivity index (χ2n) is 4.26. The molecule has 0 aliphatic heterocycles. The molecular formula is C14H13N3O2S2. The third kappa shape index (κ3) is 2.79. The smallest absolute Gasteiger partial charge is 0.162 e. The molecule has 2 heterocycles. The number of fused-ring (bicyclic) bond motifs is 1. The first-order chi connectivity index (χ1) is 10.2. The van der Waals surface area contributed by atoms with Crippen molar-refractivity contribution in [2.75, 3.05) is 14.2 Å². The lowest BCUT2D eigenvalue weighted by Crippen LogP contribution is -1.93. The maximum absolute atomic E-state index is 5.35. The van der Waals surface area contributed by atoms with Crippen LogP contribution in [0, 0.1) is 6.92 Å². The summed E-state index contributed by atoms with van der Waals surface area (Å²) in [5.74, 6) is 1.32. The van der Waals surface area contributed by atoms with E-state index in [4.69, 9.17) is 9.47 Å². The van der Waals surface area contributed by atoms with Crippen molar-refractivity contribution >= 4 is 34.0 Å². The Balaban J connectivity index is 2.10. The fourth-order valence-electron chi connectivity index (χ4n) is 1.90. The van der Waals surface area contributed by atoms with Gasteiger partial charge < -0.3 is 9.47 Å². The Morgan fingerprint density at radius 1 is 1.10 bits per heavy atom. The van der Waals surface area contributed by atoms with Gasteiger partial charge >= 0.3 is 0 Å². The van der Waals surface area contributed by atoms with Crippen LogP contribution < -0.4 is 9.47 Å². The van der Waals surface area contributed by atoms with Crippen LogP contribution in [0.3, 0.4) is 0 Å². The number of hydrogen-bond donors (Lipinski definition) is 0. The van der Waals surface area contributed by atoms with Gasteiger partial charge in [-0.3, -0.25) is 0 Å². The van der Waals surface area contributed by atoms with Gasteiger partial charge in [-0.15, -0.1) is 11.3 Å². The van der Waals surface area contributed by atoms with Gasteiger partial charge in [-0.25, -0.2) is 15.0 Å². The highest BCUT2D eigenvalue weighted by molar-refractivity contribution is 8.01. The number of benzene rings is 1. The first-order valence-electron chi connectivity index (χ1n) is 6.18. The lowest BCUT2D eigenvalue weighted by Gasteiger charge is -2.10. The van der Waals surface area contributed by atoms with Gasteiger partial charge in [0.2, 0.25) is 0 Å². The number of aryl methyl sites for hydroxylation is 1. The van der Waals surface area contributed by atoms with Crippen molar-refractivity contribution in [3.63, 3.8) is 0 Å². The quantitative estimate of drug-likeness (QED) is 0.685. The molecule has 3 aromatic rings. The molecule has 0 fully saturated rings. The average molecular weight is 319 g/mol. The fraction of sp³-hybridized carbons (Fsp3) is 0.214. The van der Waals surface area contributed by atoms with E-state index >= 15 is 0 Å². The molecule has 0 aliphatic carbocycles. The van der Waals surface area contributed by atoms with Gasteiger partial charge in [-0.05, 0) is 24.8 Å². The van der Waals surface area contributed by atoms with E-state index in [0.29, 0.717) is 11.5 Å². The van der Waals surface area contributed by atoms with Crippen molar-refractivity contribution in [2.24, 2.45) is 0 Å². The second kappa shape index (κ2) is 5.87. The van der Waals surface area contributed by atoms with E-state index in [1.165, 1.54) is 11.8 Å². The molecule has 0 bridgehead atoms. The van der Waals surface area contributed by atoms with Crippen molar-refractivity contribution in [3.8, 4) is 11.5 Å². The van der Waals surface area contributed by atoms with Crippen LogP contribution in [0.1, 0.15) is 5.69 Å². The summed E-state index contributed by atoms with van der Waals surface area (Å²) in [6, 6.07) is 3.75. The predicted molar refractivity (Wildman–Crippen MR) is 83.6 cm³/mol. The van der Waals surface area contributed by atoms with Gasteiger partial charge in [0, 0.05) is 22.5 Å². The molecular weight excluding hydrogens is 306 g/mol. The van der Waals surface area contributed by atoms with E-state index in [1.54, 1.807) is 31.9 Å². The topological polar surface area (TPSA) is 57.1 Å². The van der Waals surface area contributed by atoms with Crippen molar-refractivity contribution in [3.05, 3.63) is 29.5 Å². The number of methoxy groups -OCH3 is 2. The van der Waals surface area contributed by atoms with E-state index in [9.17, 15) is 0 Å². The molecule has 0 unspecified atom stereocenters. The molecule has 21 heavy (non-hydrogen) atoms. The molecule has 1 aromatic carbocycles. The standard InChI is InChI=1S/C14H13N3O2S2/c1-8-6-20-14(17-8)21-13-9-4-11(18-2)12(19-3)5-10(9)15-7-16-13/h4-7H,1-3H3. The summed E-state index contributed by atoms with van der Waals surface area (Å²) >= 11 is 3.14. The zero-order valence-corrected chi connectivity index (χ0v) is 13.4.